The van der Waals surface area contributed by atoms with Crippen molar-refractivity contribution in [2.75, 3.05) is 0 Å². The molecule has 0 unspecified atom stereocenters. The molecule has 0 aliphatic carbocycles. The van der Waals surface area contributed by atoms with Crippen molar-refractivity contribution >= 4 is 17.2 Å². The molecule has 0 radical (unpaired) electrons. The highest BCUT2D eigenvalue weighted by Gasteiger charge is 2.38. The van der Waals surface area contributed by atoms with Crippen LogP contribution in [0.4, 0.5) is 0 Å². The number of fused-ring (bicyclic) bond motifs is 4. The van der Waals surface area contributed by atoms with Crippen molar-refractivity contribution in [1.82, 2.24) is 29.4 Å². The van der Waals surface area contributed by atoms with Gasteiger partial charge in [0.25, 0.3) is 0 Å². The van der Waals surface area contributed by atoms with Gasteiger partial charge in [0.15, 0.2) is 5.65 Å². The maximum atomic E-state index is 6.38. The van der Waals surface area contributed by atoms with Crippen LogP contribution in [-0.4, -0.2) is 29.4 Å². The molecule has 0 saturated carbocycles. The van der Waals surface area contributed by atoms with Crippen molar-refractivity contribution < 1.29 is 4.74 Å². The highest BCUT2D eigenvalue weighted by Crippen LogP contribution is 2.49. The van der Waals surface area contributed by atoms with Crippen molar-refractivity contribution in [1.29, 1.82) is 0 Å². The normalized spacial score (nSPS) is 14.8. The Morgan fingerprint density at radius 3 is 2.56 bits per heavy atom. The van der Waals surface area contributed by atoms with E-state index in [0.29, 0.717) is 22.6 Å². The molecule has 1 atom stereocenters. The molecule has 32 heavy (non-hydrogen) atoms. The summed E-state index contributed by atoms with van der Waals surface area (Å²) in [5.74, 6) is 1.67. The highest BCUT2D eigenvalue weighted by molar-refractivity contribution is 6.30. The summed E-state index contributed by atoms with van der Waals surface area (Å²) in [7, 11) is 0. The molecule has 3 aromatic heterocycles. The summed E-state index contributed by atoms with van der Waals surface area (Å²) in [5, 5.41) is 9.92. The summed E-state index contributed by atoms with van der Waals surface area (Å²) < 4.78 is 9.88. The van der Waals surface area contributed by atoms with E-state index in [1.165, 1.54) is 5.56 Å². The molecular weight excluding hydrogens is 424 g/mol. The van der Waals surface area contributed by atoms with Crippen LogP contribution in [0.1, 0.15) is 39.7 Å². The van der Waals surface area contributed by atoms with E-state index >= 15 is 0 Å². The van der Waals surface area contributed by atoms with Crippen LogP contribution in [-0.2, 0) is 0 Å². The zero-order valence-electron chi connectivity index (χ0n) is 17.7. The van der Waals surface area contributed by atoms with E-state index < -0.39 is 0 Å². The van der Waals surface area contributed by atoms with Crippen LogP contribution in [0.3, 0.4) is 0 Å². The molecular formula is C24H19ClN6O. The number of hydrogen-bond donors (Lipinski definition) is 0. The van der Waals surface area contributed by atoms with Crippen molar-refractivity contribution in [3.63, 3.8) is 0 Å². The molecule has 5 aromatic rings. The Balaban J connectivity index is 1.66. The topological polar surface area (TPSA) is 70.1 Å². The number of nitrogens with zero attached hydrogens (tertiary/aromatic N) is 6. The van der Waals surface area contributed by atoms with Crippen LogP contribution in [0.2, 0.25) is 5.02 Å². The second-order valence-corrected chi connectivity index (χ2v) is 8.47. The van der Waals surface area contributed by atoms with Gasteiger partial charge in [0.1, 0.15) is 12.2 Å². The maximum Gasteiger partial charge on any atom is 0.230 e. The van der Waals surface area contributed by atoms with E-state index in [9.17, 15) is 0 Å². The van der Waals surface area contributed by atoms with Crippen LogP contribution in [0, 0.1) is 20.8 Å². The fourth-order valence-electron chi connectivity index (χ4n) is 4.36. The third-order valence-corrected chi connectivity index (χ3v) is 6.02. The predicted octanol–water partition coefficient (Wildman–Crippen LogP) is 5.17. The molecule has 0 N–H and O–H groups in total. The summed E-state index contributed by atoms with van der Waals surface area (Å²) >= 11 is 6.26. The van der Waals surface area contributed by atoms with Crippen LogP contribution in [0.15, 0.2) is 54.9 Å². The molecule has 1 aliphatic rings. The average Bonchev–Trinajstić information content (AvgIpc) is 3.32. The Hall–Kier alpha value is -3.71. The maximum absolute atomic E-state index is 6.38. The summed E-state index contributed by atoms with van der Waals surface area (Å²) in [5.41, 5.74) is 6.61. The van der Waals surface area contributed by atoms with E-state index in [2.05, 4.69) is 46.3 Å². The lowest BCUT2D eigenvalue weighted by Gasteiger charge is -2.26. The lowest BCUT2D eigenvalue weighted by atomic mass is 9.84. The van der Waals surface area contributed by atoms with Gasteiger partial charge in [0, 0.05) is 5.02 Å². The van der Waals surface area contributed by atoms with Crippen LogP contribution in [0.25, 0.3) is 11.3 Å². The fourth-order valence-corrected chi connectivity index (χ4v) is 4.54. The molecule has 0 amide bonds. The van der Waals surface area contributed by atoms with Crippen LogP contribution in [0.5, 0.6) is 11.8 Å². The molecule has 0 saturated heterocycles. The van der Waals surface area contributed by atoms with Gasteiger partial charge in [-0.25, -0.2) is 19.2 Å². The van der Waals surface area contributed by atoms with Crippen molar-refractivity contribution in [2.24, 2.45) is 0 Å². The largest absolute Gasteiger partial charge is 0.420 e. The Morgan fingerprint density at radius 1 is 0.969 bits per heavy atom. The minimum absolute atomic E-state index is 0.151. The number of benzene rings is 2. The van der Waals surface area contributed by atoms with Crippen molar-refractivity contribution in [3.8, 4) is 17.4 Å². The first-order valence-corrected chi connectivity index (χ1v) is 10.7. The Morgan fingerprint density at radius 2 is 1.78 bits per heavy atom. The van der Waals surface area contributed by atoms with Gasteiger partial charge in [-0.15, -0.1) is 0 Å². The smallest absolute Gasteiger partial charge is 0.230 e. The van der Waals surface area contributed by atoms with Gasteiger partial charge in [0.05, 0.1) is 28.4 Å². The van der Waals surface area contributed by atoms with E-state index in [1.807, 2.05) is 38.1 Å². The van der Waals surface area contributed by atoms with Crippen molar-refractivity contribution in [3.05, 3.63) is 93.7 Å². The van der Waals surface area contributed by atoms with Gasteiger partial charge in [-0.3, -0.25) is 0 Å². The van der Waals surface area contributed by atoms with Gasteiger partial charge in [-0.1, -0.05) is 47.5 Å². The first-order valence-electron chi connectivity index (χ1n) is 10.3. The zero-order chi connectivity index (χ0) is 22.0. The Labute approximate surface area is 189 Å². The first-order chi connectivity index (χ1) is 15.5. The second-order valence-electron chi connectivity index (χ2n) is 8.03. The molecule has 2 aromatic carbocycles. The Kier molecular flexibility index (Phi) is 4.10. The minimum atomic E-state index is -0.151. The third-order valence-electron chi connectivity index (χ3n) is 5.79. The second kappa shape index (κ2) is 6.90. The molecule has 4 heterocycles. The number of halogens is 1. The first kappa shape index (κ1) is 19.0. The number of rotatable bonds is 2. The third kappa shape index (κ3) is 2.81. The molecule has 0 spiro atoms. The van der Waals surface area contributed by atoms with Crippen molar-refractivity contribution in [2.45, 2.75) is 26.7 Å². The average molecular weight is 443 g/mol. The number of aromatic nitrogens is 6. The summed E-state index contributed by atoms with van der Waals surface area (Å²) in [6, 6.07) is 16.1. The molecule has 1 aliphatic heterocycles. The summed E-state index contributed by atoms with van der Waals surface area (Å²) in [6.45, 7) is 5.95. The van der Waals surface area contributed by atoms with E-state index in [-0.39, 0.29) is 5.92 Å². The SMILES string of the molecule is Cc1ccc([C@@H]2c3c(C)nn(-c4cccc(Cl)c4)c3Oc3ncn4nc(C)nc4c32)cc1. The Bertz CT molecular complexity index is 1500. The quantitative estimate of drug-likeness (QED) is 0.370. The standard InChI is InChI=1S/C24H19ClN6O/c1-13-7-9-16(10-8-13)20-19-14(2)28-31(18-6-4-5-17(25)11-18)24(19)32-23-21(20)22-27-15(3)29-30(22)12-26-23/h4-12,20H,1-3H3/t20-/m1/s1. The molecule has 158 valence electrons. The lowest BCUT2D eigenvalue weighted by Crippen LogP contribution is -2.16. The van der Waals surface area contributed by atoms with Gasteiger partial charge in [-0.2, -0.15) is 10.2 Å². The van der Waals surface area contributed by atoms with Gasteiger partial charge in [0.2, 0.25) is 11.8 Å². The molecule has 0 bridgehead atoms. The summed E-state index contributed by atoms with van der Waals surface area (Å²) in [6.07, 6.45) is 1.64. The number of aryl methyl sites for hydroxylation is 3. The zero-order valence-corrected chi connectivity index (χ0v) is 18.5. The molecule has 7 nitrogen and oxygen atoms in total. The minimum Gasteiger partial charge on any atom is -0.420 e. The highest BCUT2D eigenvalue weighted by atomic mass is 35.5. The van der Waals surface area contributed by atoms with Gasteiger partial charge >= 0.3 is 0 Å². The van der Waals surface area contributed by atoms with Crippen LogP contribution < -0.4 is 4.74 Å². The fraction of sp³-hybridized carbons (Fsp3) is 0.167. The van der Waals surface area contributed by atoms with E-state index in [1.54, 1.807) is 15.5 Å². The molecule has 6 rings (SSSR count). The van der Waals surface area contributed by atoms with Gasteiger partial charge < -0.3 is 4.74 Å². The lowest BCUT2D eigenvalue weighted by molar-refractivity contribution is 0.402. The van der Waals surface area contributed by atoms with Crippen LogP contribution >= 0.6 is 11.6 Å². The van der Waals surface area contributed by atoms with E-state index in [0.717, 1.165) is 33.7 Å². The number of hydrogen-bond acceptors (Lipinski definition) is 5. The van der Waals surface area contributed by atoms with E-state index in [4.69, 9.17) is 21.4 Å². The number of ether oxygens (including phenoxy) is 1. The monoisotopic (exact) mass is 442 g/mol. The molecule has 0 fully saturated rings. The molecule has 8 heteroatoms. The van der Waals surface area contributed by atoms with Gasteiger partial charge in [-0.05, 0) is 44.5 Å². The summed E-state index contributed by atoms with van der Waals surface area (Å²) in [4.78, 5) is 9.27. The predicted molar refractivity (Wildman–Crippen MR) is 121 cm³/mol.